The molecule has 0 saturated heterocycles. The summed E-state index contributed by atoms with van der Waals surface area (Å²) in [7, 11) is 4.19. The van der Waals surface area contributed by atoms with Gasteiger partial charge >= 0.3 is 5.97 Å². The average molecular weight is 266 g/mol. The summed E-state index contributed by atoms with van der Waals surface area (Å²) in [5.41, 5.74) is 1.45. The van der Waals surface area contributed by atoms with Crippen LogP contribution in [0.4, 0.5) is 0 Å². The van der Waals surface area contributed by atoms with Gasteiger partial charge in [0.25, 0.3) is 0 Å². The minimum atomic E-state index is -0.811. The first-order valence-electron chi connectivity index (χ1n) is 5.88. The molecule has 1 aromatic carbocycles. The van der Waals surface area contributed by atoms with E-state index in [1.54, 1.807) is 24.3 Å². The number of hydrogen-bond donors (Lipinski definition) is 0. The molecule has 0 unspecified atom stereocenters. The zero-order valence-electron chi connectivity index (χ0n) is 11.3. The zero-order chi connectivity index (χ0) is 14.3. The van der Waals surface area contributed by atoms with E-state index in [4.69, 9.17) is 9.47 Å². The van der Waals surface area contributed by atoms with E-state index in [0.717, 1.165) is 5.56 Å². The highest BCUT2D eigenvalue weighted by Crippen LogP contribution is 2.09. The Morgan fingerprint density at radius 3 is 2.11 bits per heavy atom. The first kappa shape index (κ1) is 15.3. The fourth-order valence-corrected chi connectivity index (χ4v) is 1.67. The molecule has 104 valence electrons. The summed E-state index contributed by atoms with van der Waals surface area (Å²) in [4.78, 5) is 22.9. The molecule has 0 aliphatic heterocycles. The number of esters is 1. The number of hydrogen-bond acceptors (Lipinski definition) is 5. The molecule has 0 spiro atoms. The summed E-state index contributed by atoms with van der Waals surface area (Å²) in [6.07, 6.45) is 0.0855. The minimum Gasteiger partial charge on any atom is -0.465 e. The van der Waals surface area contributed by atoms with Crippen molar-refractivity contribution >= 4 is 11.8 Å². The molecule has 5 nitrogen and oxygen atoms in total. The van der Waals surface area contributed by atoms with Crippen LogP contribution in [0.2, 0.25) is 0 Å². The Morgan fingerprint density at radius 1 is 1.05 bits per heavy atom. The van der Waals surface area contributed by atoms with Crippen molar-refractivity contribution in [2.75, 3.05) is 21.3 Å². The summed E-state index contributed by atoms with van der Waals surface area (Å²) in [5.74, 6) is -0.483. The Labute approximate surface area is 112 Å². The summed E-state index contributed by atoms with van der Waals surface area (Å²) in [6, 6.07) is 6.95. The third kappa shape index (κ3) is 4.46. The van der Waals surface area contributed by atoms with Crippen LogP contribution in [-0.4, -0.2) is 39.4 Å². The van der Waals surface area contributed by atoms with Gasteiger partial charge in [0.1, 0.15) is 0 Å². The van der Waals surface area contributed by atoms with Gasteiger partial charge in [0.05, 0.1) is 12.7 Å². The molecule has 0 atom stereocenters. The van der Waals surface area contributed by atoms with Crippen LogP contribution >= 0.6 is 0 Å². The SMILES string of the molecule is COC(=O)c1ccc(CCC(=O)C(OC)OC)cc1. The maximum atomic E-state index is 11.7. The van der Waals surface area contributed by atoms with E-state index in [-0.39, 0.29) is 11.8 Å². The Bertz CT molecular complexity index is 420. The highest BCUT2D eigenvalue weighted by Gasteiger charge is 2.16. The largest absolute Gasteiger partial charge is 0.465 e. The molecule has 5 heteroatoms. The first-order valence-corrected chi connectivity index (χ1v) is 5.88. The van der Waals surface area contributed by atoms with E-state index in [9.17, 15) is 9.59 Å². The number of ketones is 1. The van der Waals surface area contributed by atoms with Crippen molar-refractivity contribution in [3.05, 3.63) is 35.4 Å². The maximum Gasteiger partial charge on any atom is 0.337 e. The number of rotatable bonds is 7. The lowest BCUT2D eigenvalue weighted by Crippen LogP contribution is -2.25. The van der Waals surface area contributed by atoms with Gasteiger partial charge in [-0.05, 0) is 24.1 Å². The highest BCUT2D eigenvalue weighted by atomic mass is 16.7. The lowest BCUT2D eigenvalue weighted by atomic mass is 10.1. The normalized spacial score (nSPS) is 10.5. The minimum absolute atomic E-state index is 0.109. The van der Waals surface area contributed by atoms with Gasteiger partial charge in [-0.1, -0.05) is 12.1 Å². The van der Waals surface area contributed by atoms with Crippen molar-refractivity contribution in [3.63, 3.8) is 0 Å². The number of ether oxygens (including phenoxy) is 3. The molecule has 0 saturated carbocycles. The van der Waals surface area contributed by atoms with Gasteiger partial charge in [-0.3, -0.25) is 4.79 Å². The molecular formula is C14H18O5. The molecule has 0 N–H and O–H groups in total. The van der Waals surface area contributed by atoms with E-state index in [2.05, 4.69) is 4.74 Å². The van der Waals surface area contributed by atoms with Gasteiger partial charge < -0.3 is 14.2 Å². The van der Waals surface area contributed by atoms with Crippen LogP contribution in [0.1, 0.15) is 22.3 Å². The summed E-state index contributed by atoms with van der Waals surface area (Å²) >= 11 is 0. The standard InChI is InChI=1S/C14H18O5/c1-17-13(16)11-7-4-10(5-8-11)6-9-12(15)14(18-2)19-3/h4-5,7-8,14H,6,9H2,1-3H3. The van der Waals surface area contributed by atoms with Crippen LogP contribution in [-0.2, 0) is 25.4 Å². The maximum absolute atomic E-state index is 11.7. The summed E-state index contributed by atoms with van der Waals surface area (Å²) < 4.78 is 14.4. The quantitative estimate of drug-likeness (QED) is 0.554. The van der Waals surface area contributed by atoms with Crippen LogP contribution in [0.5, 0.6) is 0 Å². The van der Waals surface area contributed by atoms with Crippen molar-refractivity contribution < 1.29 is 23.8 Å². The number of carbonyl (C=O) groups excluding carboxylic acids is 2. The number of Topliss-reactive ketones (excluding diaryl/α,β-unsaturated/α-hetero) is 1. The van der Waals surface area contributed by atoms with Gasteiger partial charge in [0.2, 0.25) is 6.29 Å². The predicted molar refractivity (Wildman–Crippen MR) is 68.9 cm³/mol. The van der Waals surface area contributed by atoms with Gasteiger partial charge in [-0.2, -0.15) is 0 Å². The van der Waals surface area contributed by atoms with Crippen LogP contribution in [0.25, 0.3) is 0 Å². The molecule has 1 aromatic rings. The Kier molecular flexibility index (Phi) is 6.18. The second-order valence-electron chi connectivity index (χ2n) is 3.96. The van der Waals surface area contributed by atoms with Gasteiger partial charge in [0.15, 0.2) is 5.78 Å². The van der Waals surface area contributed by atoms with E-state index in [0.29, 0.717) is 18.4 Å². The molecule has 0 radical (unpaired) electrons. The van der Waals surface area contributed by atoms with Crippen molar-refractivity contribution in [2.24, 2.45) is 0 Å². The van der Waals surface area contributed by atoms with E-state index in [1.165, 1.54) is 21.3 Å². The monoisotopic (exact) mass is 266 g/mol. The third-order valence-electron chi connectivity index (χ3n) is 2.73. The molecular weight excluding hydrogens is 248 g/mol. The van der Waals surface area contributed by atoms with Crippen LogP contribution in [0.15, 0.2) is 24.3 Å². The highest BCUT2D eigenvalue weighted by molar-refractivity contribution is 5.89. The number of benzene rings is 1. The molecule has 0 bridgehead atoms. The van der Waals surface area contributed by atoms with E-state index < -0.39 is 6.29 Å². The average Bonchev–Trinajstić information content (AvgIpc) is 2.46. The van der Waals surface area contributed by atoms with Crippen LogP contribution in [0, 0.1) is 0 Å². The predicted octanol–water partition coefficient (Wildman–Crippen LogP) is 1.59. The van der Waals surface area contributed by atoms with E-state index >= 15 is 0 Å². The second kappa shape index (κ2) is 7.66. The summed E-state index contributed by atoms with van der Waals surface area (Å²) in [5, 5.41) is 0. The smallest absolute Gasteiger partial charge is 0.337 e. The van der Waals surface area contributed by atoms with Crippen molar-refractivity contribution in [1.29, 1.82) is 0 Å². The molecule has 1 rings (SSSR count). The number of methoxy groups -OCH3 is 3. The molecule has 19 heavy (non-hydrogen) atoms. The Balaban J connectivity index is 2.54. The number of carbonyl (C=O) groups is 2. The first-order chi connectivity index (χ1) is 9.12. The Morgan fingerprint density at radius 2 is 1.63 bits per heavy atom. The fraction of sp³-hybridized carbons (Fsp3) is 0.429. The molecule has 0 aliphatic carbocycles. The molecule has 0 amide bonds. The van der Waals surface area contributed by atoms with Crippen LogP contribution < -0.4 is 0 Å². The van der Waals surface area contributed by atoms with Crippen LogP contribution in [0.3, 0.4) is 0 Å². The second-order valence-corrected chi connectivity index (χ2v) is 3.96. The van der Waals surface area contributed by atoms with E-state index in [1.807, 2.05) is 0 Å². The zero-order valence-corrected chi connectivity index (χ0v) is 11.3. The van der Waals surface area contributed by atoms with Crippen molar-refractivity contribution in [3.8, 4) is 0 Å². The molecule has 0 heterocycles. The van der Waals surface area contributed by atoms with Gasteiger partial charge in [-0.15, -0.1) is 0 Å². The summed E-state index contributed by atoms with van der Waals surface area (Å²) in [6.45, 7) is 0. The lowest BCUT2D eigenvalue weighted by Gasteiger charge is -2.11. The molecule has 0 aliphatic rings. The van der Waals surface area contributed by atoms with Gasteiger partial charge in [-0.25, -0.2) is 4.79 Å². The topological polar surface area (TPSA) is 61.8 Å². The molecule has 0 fully saturated rings. The van der Waals surface area contributed by atoms with Crippen molar-refractivity contribution in [1.82, 2.24) is 0 Å². The number of aryl methyl sites for hydroxylation is 1. The molecule has 0 aromatic heterocycles. The van der Waals surface area contributed by atoms with Gasteiger partial charge in [0, 0.05) is 20.6 Å². The Hall–Kier alpha value is -1.72. The third-order valence-corrected chi connectivity index (χ3v) is 2.73. The van der Waals surface area contributed by atoms with Crippen molar-refractivity contribution in [2.45, 2.75) is 19.1 Å². The fourth-order valence-electron chi connectivity index (χ4n) is 1.67. The lowest BCUT2D eigenvalue weighted by molar-refractivity contribution is -0.156.